The summed E-state index contributed by atoms with van der Waals surface area (Å²) in [6.45, 7) is 6.31. The fourth-order valence-electron chi connectivity index (χ4n) is 5.46. The lowest BCUT2D eigenvalue weighted by atomic mass is 9.78. The third-order valence-corrected chi connectivity index (χ3v) is 6.57. The largest absolute Gasteiger partial charge is 0.388 e. The van der Waals surface area contributed by atoms with Crippen LogP contribution in [0.3, 0.4) is 0 Å². The van der Waals surface area contributed by atoms with E-state index in [1.165, 1.54) is 27.8 Å². The van der Waals surface area contributed by atoms with Crippen molar-refractivity contribution in [3.8, 4) is 11.1 Å². The molecule has 0 unspecified atom stereocenters. The standard InChI is InChI=1S/C26H27NO2/c1-18-24(25(2,3)28)29-17-27(18)26(19-11-5-4-6-12-19)22-15-9-7-13-20(22)21-14-8-10-16-23(21)26/h4-16,18,24,28H,17H2,1-3H3/t18-,24+/m0/s1. The summed E-state index contributed by atoms with van der Waals surface area (Å²) in [5, 5.41) is 10.7. The molecule has 3 aromatic carbocycles. The highest BCUT2D eigenvalue weighted by Gasteiger charge is 2.55. The third-order valence-electron chi connectivity index (χ3n) is 6.57. The highest BCUT2D eigenvalue weighted by atomic mass is 16.5. The number of aliphatic hydroxyl groups is 1. The smallest absolute Gasteiger partial charge is 0.103 e. The van der Waals surface area contributed by atoms with E-state index in [1.54, 1.807) is 0 Å². The molecule has 5 rings (SSSR count). The number of fused-ring (bicyclic) bond motifs is 3. The van der Waals surface area contributed by atoms with Crippen LogP contribution in [0.2, 0.25) is 0 Å². The van der Waals surface area contributed by atoms with E-state index in [0.717, 1.165) is 0 Å². The fourth-order valence-corrected chi connectivity index (χ4v) is 5.46. The maximum atomic E-state index is 10.7. The first-order valence-electron chi connectivity index (χ1n) is 10.3. The third kappa shape index (κ3) is 2.55. The van der Waals surface area contributed by atoms with Crippen LogP contribution in [-0.4, -0.2) is 34.5 Å². The van der Waals surface area contributed by atoms with Gasteiger partial charge in [0.1, 0.15) is 18.4 Å². The van der Waals surface area contributed by atoms with Gasteiger partial charge in [-0.1, -0.05) is 78.9 Å². The Morgan fingerprint density at radius 3 is 1.90 bits per heavy atom. The molecule has 0 amide bonds. The molecule has 1 aliphatic carbocycles. The molecule has 2 atom stereocenters. The zero-order valence-corrected chi connectivity index (χ0v) is 17.2. The van der Waals surface area contributed by atoms with Crippen molar-refractivity contribution in [2.75, 3.05) is 6.73 Å². The van der Waals surface area contributed by atoms with Crippen LogP contribution in [-0.2, 0) is 10.3 Å². The fraction of sp³-hybridized carbons (Fsp3) is 0.308. The van der Waals surface area contributed by atoms with Gasteiger partial charge in [-0.2, -0.15) is 0 Å². The molecule has 3 heteroatoms. The molecule has 1 fully saturated rings. The van der Waals surface area contributed by atoms with Gasteiger partial charge in [0.2, 0.25) is 0 Å². The Kier molecular flexibility index (Phi) is 4.18. The van der Waals surface area contributed by atoms with Gasteiger partial charge >= 0.3 is 0 Å². The van der Waals surface area contributed by atoms with Crippen LogP contribution in [0.25, 0.3) is 11.1 Å². The molecule has 1 N–H and O–H groups in total. The first-order valence-corrected chi connectivity index (χ1v) is 10.3. The van der Waals surface area contributed by atoms with Gasteiger partial charge in [-0.05, 0) is 48.6 Å². The predicted molar refractivity (Wildman–Crippen MR) is 116 cm³/mol. The molecule has 2 aliphatic rings. The Hall–Kier alpha value is -2.46. The second-order valence-electron chi connectivity index (χ2n) is 8.75. The lowest BCUT2D eigenvalue weighted by Crippen LogP contribution is -2.53. The number of nitrogens with zero attached hydrogens (tertiary/aromatic N) is 1. The van der Waals surface area contributed by atoms with Gasteiger partial charge in [0.15, 0.2) is 0 Å². The van der Waals surface area contributed by atoms with Crippen molar-refractivity contribution in [2.45, 2.75) is 44.1 Å². The van der Waals surface area contributed by atoms with Gasteiger partial charge in [0.25, 0.3) is 0 Å². The highest BCUT2D eigenvalue weighted by molar-refractivity contribution is 5.83. The predicted octanol–water partition coefficient (Wildman–Crippen LogP) is 4.78. The van der Waals surface area contributed by atoms with E-state index in [9.17, 15) is 5.11 Å². The lowest BCUT2D eigenvalue weighted by Gasteiger charge is -2.44. The van der Waals surface area contributed by atoms with Crippen LogP contribution in [0.5, 0.6) is 0 Å². The van der Waals surface area contributed by atoms with Gasteiger partial charge < -0.3 is 9.84 Å². The number of hydrogen-bond acceptors (Lipinski definition) is 3. The van der Waals surface area contributed by atoms with Crippen molar-refractivity contribution >= 4 is 0 Å². The second-order valence-corrected chi connectivity index (χ2v) is 8.75. The first kappa shape index (κ1) is 18.6. The molecule has 0 radical (unpaired) electrons. The Labute approximate surface area is 172 Å². The summed E-state index contributed by atoms with van der Waals surface area (Å²) in [6, 6.07) is 28.1. The van der Waals surface area contributed by atoms with Gasteiger partial charge in [-0.25, -0.2) is 0 Å². The van der Waals surface area contributed by atoms with E-state index in [0.29, 0.717) is 6.73 Å². The van der Waals surface area contributed by atoms with Crippen molar-refractivity contribution < 1.29 is 9.84 Å². The molecule has 29 heavy (non-hydrogen) atoms. The molecule has 148 valence electrons. The summed E-state index contributed by atoms with van der Waals surface area (Å²) in [4.78, 5) is 2.43. The van der Waals surface area contributed by atoms with Crippen LogP contribution in [0.1, 0.15) is 37.5 Å². The Balaban J connectivity index is 1.81. The van der Waals surface area contributed by atoms with Crippen molar-refractivity contribution in [1.29, 1.82) is 0 Å². The van der Waals surface area contributed by atoms with Gasteiger partial charge in [-0.15, -0.1) is 0 Å². The minimum Gasteiger partial charge on any atom is -0.388 e. The molecular formula is C26H27NO2. The SMILES string of the molecule is C[C@H]1[C@H](C(C)(C)O)OCN1C1(c2ccccc2)c2ccccc2-c2ccccc21. The van der Waals surface area contributed by atoms with E-state index < -0.39 is 11.1 Å². The Morgan fingerprint density at radius 1 is 0.862 bits per heavy atom. The monoisotopic (exact) mass is 385 g/mol. The molecular weight excluding hydrogens is 358 g/mol. The summed E-state index contributed by atoms with van der Waals surface area (Å²) >= 11 is 0. The molecule has 1 heterocycles. The van der Waals surface area contributed by atoms with Gasteiger partial charge in [-0.3, -0.25) is 4.90 Å². The normalized spacial score (nSPS) is 23.0. The Bertz CT molecular complexity index is 992. The zero-order valence-electron chi connectivity index (χ0n) is 17.2. The summed E-state index contributed by atoms with van der Waals surface area (Å²) < 4.78 is 6.21. The van der Waals surface area contributed by atoms with Gasteiger partial charge in [0, 0.05) is 6.04 Å². The van der Waals surface area contributed by atoms with E-state index in [2.05, 4.69) is 90.7 Å². The quantitative estimate of drug-likeness (QED) is 0.704. The number of ether oxygens (including phenoxy) is 1. The molecule has 3 aromatic rings. The molecule has 0 saturated carbocycles. The highest BCUT2D eigenvalue weighted by Crippen LogP contribution is 2.56. The van der Waals surface area contributed by atoms with Crippen LogP contribution < -0.4 is 0 Å². The average molecular weight is 386 g/mol. The van der Waals surface area contributed by atoms with Crippen molar-refractivity contribution in [2.24, 2.45) is 0 Å². The first-order chi connectivity index (χ1) is 14.0. The van der Waals surface area contributed by atoms with Crippen LogP contribution in [0.4, 0.5) is 0 Å². The molecule has 1 saturated heterocycles. The van der Waals surface area contributed by atoms with Crippen LogP contribution >= 0.6 is 0 Å². The van der Waals surface area contributed by atoms with Crippen molar-refractivity contribution in [1.82, 2.24) is 4.90 Å². The summed E-state index contributed by atoms with van der Waals surface area (Å²) in [5.74, 6) is 0. The topological polar surface area (TPSA) is 32.7 Å². The maximum Gasteiger partial charge on any atom is 0.103 e. The average Bonchev–Trinajstić information content (AvgIpc) is 3.25. The minimum absolute atomic E-state index is 0.0365. The van der Waals surface area contributed by atoms with E-state index in [4.69, 9.17) is 4.74 Å². The molecule has 0 bridgehead atoms. The second kappa shape index (κ2) is 6.53. The summed E-state index contributed by atoms with van der Waals surface area (Å²) in [6.07, 6.45) is -0.261. The molecule has 1 aliphatic heterocycles. The molecule has 3 nitrogen and oxygen atoms in total. The minimum atomic E-state index is -0.913. The zero-order chi connectivity index (χ0) is 20.2. The Morgan fingerprint density at radius 2 is 1.38 bits per heavy atom. The number of hydrogen-bond donors (Lipinski definition) is 1. The summed E-state index contributed by atoms with van der Waals surface area (Å²) in [5.41, 5.74) is 4.96. The molecule has 0 spiro atoms. The maximum absolute atomic E-state index is 10.7. The van der Waals surface area contributed by atoms with Crippen LogP contribution in [0.15, 0.2) is 78.9 Å². The number of benzene rings is 3. The van der Waals surface area contributed by atoms with Crippen LogP contribution in [0, 0.1) is 0 Å². The van der Waals surface area contributed by atoms with E-state index in [1.807, 2.05) is 13.8 Å². The van der Waals surface area contributed by atoms with Gasteiger partial charge in [0.05, 0.1) is 5.60 Å². The number of rotatable bonds is 3. The van der Waals surface area contributed by atoms with E-state index >= 15 is 0 Å². The molecule has 0 aromatic heterocycles. The van der Waals surface area contributed by atoms with Crippen molar-refractivity contribution in [3.05, 3.63) is 95.6 Å². The van der Waals surface area contributed by atoms with Crippen molar-refractivity contribution in [3.63, 3.8) is 0 Å². The lowest BCUT2D eigenvalue weighted by molar-refractivity contribution is -0.0641. The van der Waals surface area contributed by atoms with E-state index in [-0.39, 0.29) is 12.1 Å². The summed E-state index contributed by atoms with van der Waals surface area (Å²) in [7, 11) is 0.